The Balaban J connectivity index is 1.58. The van der Waals surface area contributed by atoms with E-state index in [1.165, 1.54) is 12.1 Å². The van der Waals surface area contributed by atoms with Gasteiger partial charge in [0.2, 0.25) is 0 Å². The van der Waals surface area contributed by atoms with E-state index in [1.54, 1.807) is 0 Å². The van der Waals surface area contributed by atoms with Crippen molar-refractivity contribution in [2.75, 3.05) is 44.2 Å². The number of halogens is 3. The molecule has 2 aliphatic rings. The number of benzene rings is 2. The molecule has 2 aromatic rings. The van der Waals surface area contributed by atoms with Crippen molar-refractivity contribution < 1.29 is 0 Å². The highest BCUT2D eigenvalue weighted by molar-refractivity contribution is 6.35. The van der Waals surface area contributed by atoms with Gasteiger partial charge in [0, 0.05) is 60.0 Å². The van der Waals surface area contributed by atoms with Crippen molar-refractivity contribution in [2.24, 2.45) is 5.92 Å². The number of anilines is 1. The van der Waals surface area contributed by atoms with Gasteiger partial charge in [-0.25, -0.2) is 0 Å². The number of piperazine rings is 1. The van der Waals surface area contributed by atoms with Crippen molar-refractivity contribution in [2.45, 2.75) is 18.9 Å². The third-order valence-corrected chi connectivity index (χ3v) is 6.70. The second-order valence-corrected chi connectivity index (χ2v) is 9.08. The zero-order valence-corrected chi connectivity index (χ0v) is 18.1. The molecule has 2 atom stereocenters. The van der Waals surface area contributed by atoms with Crippen molar-refractivity contribution in [3.8, 4) is 0 Å². The summed E-state index contributed by atoms with van der Waals surface area (Å²) < 4.78 is 0. The fourth-order valence-electron chi connectivity index (χ4n) is 4.47. The lowest BCUT2D eigenvalue weighted by Crippen LogP contribution is -2.48. The van der Waals surface area contributed by atoms with Gasteiger partial charge in [0.25, 0.3) is 0 Å². The third-order valence-electron chi connectivity index (χ3n) is 5.89. The molecule has 2 saturated heterocycles. The van der Waals surface area contributed by atoms with Crippen molar-refractivity contribution in [1.29, 1.82) is 0 Å². The van der Waals surface area contributed by atoms with Crippen LogP contribution in [0.2, 0.25) is 15.1 Å². The number of piperidine rings is 1. The van der Waals surface area contributed by atoms with E-state index in [0.29, 0.717) is 10.9 Å². The molecule has 2 aromatic carbocycles. The van der Waals surface area contributed by atoms with Crippen LogP contribution in [0.5, 0.6) is 0 Å². The van der Waals surface area contributed by atoms with Gasteiger partial charge in [-0.1, -0.05) is 40.9 Å². The van der Waals surface area contributed by atoms with Gasteiger partial charge in [-0.15, -0.1) is 0 Å². The first-order valence-electron chi connectivity index (χ1n) is 10.0. The molecule has 0 aromatic heterocycles. The summed E-state index contributed by atoms with van der Waals surface area (Å²) in [4.78, 5) is 5.10. The predicted molar refractivity (Wildman–Crippen MR) is 120 cm³/mol. The standard InChI is InChI=1S/C22H26Cl3N3/c23-17-2-5-19(6-3-17)28-15-16(14-27-11-9-26-10-12-27)1-8-22(28)20-7-4-18(24)13-21(20)25/h2-7,13,16,22,26H,1,8-12,14-15H2/t16-,22-/m0/s1. The molecule has 1 N–H and O–H groups in total. The summed E-state index contributed by atoms with van der Waals surface area (Å²) >= 11 is 18.9. The Morgan fingerprint density at radius 1 is 0.893 bits per heavy atom. The fraction of sp³-hybridized carbons (Fsp3) is 0.455. The van der Waals surface area contributed by atoms with Crippen molar-refractivity contribution in [3.63, 3.8) is 0 Å². The van der Waals surface area contributed by atoms with E-state index in [0.717, 1.165) is 61.3 Å². The zero-order chi connectivity index (χ0) is 19.5. The number of rotatable bonds is 4. The molecule has 4 rings (SSSR count). The number of nitrogens with zero attached hydrogens (tertiary/aromatic N) is 2. The smallest absolute Gasteiger partial charge is 0.0557 e. The van der Waals surface area contributed by atoms with Gasteiger partial charge in [0.15, 0.2) is 0 Å². The van der Waals surface area contributed by atoms with E-state index < -0.39 is 0 Å². The van der Waals surface area contributed by atoms with E-state index in [2.05, 4.69) is 33.3 Å². The minimum Gasteiger partial charge on any atom is -0.364 e. The number of hydrogen-bond donors (Lipinski definition) is 1. The van der Waals surface area contributed by atoms with Crippen LogP contribution in [0.25, 0.3) is 0 Å². The monoisotopic (exact) mass is 437 g/mol. The molecule has 3 nitrogen and oxygen atoms in total. The van der Waals surface area contributed by atoms with Gasteiger partial charge < -0.3 is 15.1 Å². The van der Waals surface area contributed by atoms with E-state index in [4.69, 9.17) is 34.8 Å². The Labute approximate surface area is 182 Å². The normalized spacial score (nSPS) is 23.8. The minimum absolute atomic E-state index is 0.255. The molecule has 0 spiro atoms. The molecule has 6 heteroatoms. The molecule has 2 aliphatic heterocycles. The highest BCUT2D eigenvalue weighted by Crippen LogP contribution is 2.40. The third kappa shape index (κ3) is 4.77. The van der Waals surface area contributed by atoms with Crippen molar-refractivity contribution in [1.82, 2.24) is 10.2 Å². The average Bonchev–Trinajstić information content (AvgIpc) is 2.70. The zero-order valence-electron chi connectivity index (χ0n) is 15.9. The first-order chi connectivity index (χ1) is 13.6. The summed E-state index contributed by atoms with van der Waals surface area (Å²) in [6, 6.07) is 14.3. The maximum atomic E-state index is 6.59. The Bertz CT molecular complexity index is 790. The van der Waals surface area contributed by atoms with Crippen LogP contribution in [0.3, 0.4) is 0 Å². The average molecular weight is 439 g/mol. The molecular weight excluding hydrogens is 413 g/mol. The molecule has 28 heavy (non-hydrogen) atoms. The molecule has 2 heterocycles. The first kappa shape index (κ1) is 20.3. The lowest BCUT2D eigenvalue weighted by atomic mass is 9.88. The summed E-state index contributed by atoms with van der Waals surface area (Å²) in [5.74, 6) is 0.649. The summed E-state index contributed by atoms with van der Waals surface area (Å²) in [7, 11) is 0. The summed E-state index contributed by atoms with van der Waals surface area (Å²) in [5, 5.41) is 5.63. The molecule has 0 radical (unpaired) electrons. The van der Waals surface area contributed by atoms with E-state index >= 15 is 0 Å². The molecule has 0 saturated carbocycles. The van der Waals surface area contributed by atoms with E-state index in [-0.39, 0.29) is 6.04 Å². The molecule has 2 fully saturated rings. The second kappa shape index (κ2) is 9.23. The van der Waals surface area contributed by atoms with Crippen LogP contribution in [0.15, 0.2) is 42.5 Å². The van der Waals surface area contributed by atoms with Crippen LogP contribution in [0.1, 0.15) is 24.4 Å². The van der Waals surface area contributed by atoms with Crippen LogP contribution in [-0.2, 0) is 0 Å². The highest BCUT2D eigenvalue weighted by Gasteiger charge is 2.32. The topological polar surface area (TPSA) is 18.5 Å². The Hall–Kier alpha value is -0.970. The minimum atomic E-state index is 0.255. The van der Waals surface area contributed by atoms with E-state index in [9.17, 15) is 0 Å². The first-order valence-corrected chi connectivity index (χ1v) is 11.1. The molecule has 0 amide bonds. The van der Waals surface area contributed by atoms with Crippen LogP contribution >= 0.6 is 34.8 Å². The number of hydrogen-bond acceptors (Lipinski definition) is 3. The molecule has 150 valence electrons. The van der Waals surface area contributed by atoms with E-state index in [1.807, 2.05) is 24.3 Å². The lowest BCUT2D eigenvalue weighted by molar-refractivity contribution is 0.188. The van der Waals surface area contributed by atoms with Gasteiger partial charge in [-0.3, -0.25) is 0 Å². The maximum absolute atomic E-state index is 6.59. The van der Waals surface area contributed by atoms with Gasteiger partial charge in [0.05, 0.1) is 6.04 Å². The van der Waals surface area contributed by atoms with Gasteiger partial charge in [0.1, 0.15) is 0 Å². The molecule has 0 aliphatic carbocycles. The highest BCUT2D eigenvalue weighted by atomic mass is 35.5. The van der Waals surface area contributed by atoms with Crippen LogP contribution in [0, 0.1) is 5.92 Å². The summed E-state index contributed by atoms with van der Waals surface area (Å²) in [6.07, 6.45) is 2.29. The van der Waals surface area contributed by atoms with Crippen molar-refractivity contribution >= 4 is 40.5 Å². The van der Waals surface area contributed by atoms with Crippen LogP contribution in [-0.4, -0.2) is 44.2 Å². The molecule has 0 bridgehead atoms. The largest absolute Gasteiger partial charge is 0.364 e. The summed E-state index contributed by atoms with van der Waals surface area (Å²) in [5.41, 5.74) is 2.35. The Morgan fingerprint density at radius 3 is 2.32 bits per heavy atom. The number of nitrogens with one attached hydrogen (secondary N) is 1. The van der Waals surface area contributed by atoms with Gasteiger partial charge in [-0.05, 0) is 60.7 Å². The molecule has 0 unspecified atom stereocenters. The van der Waals surface area contributed by atoms with Gasteiger partial charge in [-0.2, -0.15) is 0 Å². The van der Waals surface area contributed by atoms with Crippen molar-refractivity contribution in [3.05, 3.63) is 63.1 Å². The Kier molecular flexibility index (Phi) is 6.70. The SMILES string of the molecule is Clc1ccc(N2C[C@H](CN3CCNCC3)CC[C@H]2c2ccc(Cl)cc2Cl)cc1. The molecular formula is C22H26Cl3N3. The van der Waals surface area contributed by atoms with Crippen LogP contribution < -0.4 is 10.2 Å². The predicted octanol–water partition coefficient (Wildman–Crippen LogP) is 5.51. The maximum Gasteiger partial charge on any atom is 0.0557 e. The summed E-state index contributed by atoms with van der Waals surface area (Å²) in [6.45, 7) is 6.66. The van der Waals surface area contributed by atoms with Crippen LogP contribution in [0.4, 0.5) is 5.69 Å². The second-order valence-electron chi connectivity index (χ2n) is 7.80. The lowest BCUT2D eigenvalue weighted by Gasteiger charge is -2.43. The Morgan fingerprint density at radius 2 is 1.61 bits per heavy atom. The quantitative estimate of drug-likeness (QED) is 0.679. The van der Waals surface area contributed by atoms with Gasteiger partial charge >= 0.3 is 0 Å². The fourth-order valence-corrected chi connectivity index (χ4v) is 5.13.